The molecule has 3 N–H and O–H groups in total. The number of unbranched alkanes of at least 4 members (excludes halogenated alkanes) is 2. The summed E-state index contributed by atoms with van der Waals surface area (Å²) in [5, 5.41) is 15.7. The molecule has 1 fully saturated rings. The number of carbonyl (C=O) groups excluding carboxylic acids is 7. The molecular weight excluding hydrogens is 877 g/mol. The molecule has 4 unspecified atom stereocenters. The van der Waals surface area contributed by atoms with Crippen LogP contribution in [-0.2, 0) is 54.3 Å². The van der Waals surface area contributed by atoms with Crippen molar-refractivity contribution in [2.75, 3.05) is 48.5 Å². The zero-order valence-electron chi connectivity index (χ0n) is 42.3. The number of methoxy groups -OCH3 is 3. The average molecular weight is 955 g/mol. The monoisotopic (exact) mass is 955 g/mol. The summed E-state index contributed by atoms with van der Waals surface area (Å²) in [6.07, 6.45) is 4.50. The van der Waals surface area contributed by atoms with Gasteiger partial charge in [-0.25, -0.2) is 4.79 Å². The predicted octanol–water partition coefficient (Wildman–Crippen LogP) is 3.84. The van der Waals surface area contributed by atoms with Crippen molar-refractivity contribution >= 4 is 47.3 Å². The predicted molar refractivity (Wildman–Crippen MR) is 255 cm³/mol. The second-order valence-electron chi connectivity index (χ2n) is 18.9. The molecule has 7 amide bonds. The third-order valence-corrected chi connectivity index (χ3v) is 13.6. The Bertz CT molecular complexity index is 1920. The molecule has 2 aliphatic rings. The summed E-state index contributed by atoms with van der Waals surface area (Å²) in [7, 11) is 7.68. The standard InChI is InChI=1S/C50H78N6O12/c1-13-32(6)45(54(9)49(63)43(30(2)3)52-48(62)44(31(4)5)53(8)39(57)23-15-14-18-26-56-40(58)24-25-41(56)59)38(67-11)29-42(60)55-27-19-21-36(55)46(68-12)33(7)47(61)51-35(50(64)65)28-34-20-16-17-22-37(34)66-10/h16-17,20,22,24-25,30-33,35-36,38,43-46H,13-15,18-19,21,23,26-29H2,1-12H3,(H,51,61)(H,52,62)(H,64,65)/t32-,33+,35?,36-,38?,43-,44?,45?,46+/m0/s1. The lowest BCUT2D eigenvalue weighted by molar-refractivity contribution is -0.149. The van der Waals surface area contributed by atoms with Gasteiger partial charge >= 0.3 is 5.97 Å². The molecule has 18 heteroatoms. The number of benzene rings is 1. The number of likely N-dealkylation sites (N-methyl/N-ethyl adjacent to an activating group) is 2. The van der Waals surface area contributed by atoms with Crippen molar-refractivity contribution in [1.29, 1.82) is 0 Å². The number of hydrogen-bond acceptors (Lipinski definition) is 11. The fraction of sp³-hybridized carbons (Fsp3) is 0.680. The minimum absolute atomic E-state index is 0.00529. The van der Waals surface area contributed by atoms with E-state index < -0.39 is 66.1 Å². The molecule has 2 aliphatic heterocycles. The van der Waals surface area contributed by atoms with Crippen molar-refractivity contribution < 1.29 is 57.7 Å². The highest BCUT2D eigenvalue weighted by atomic mass is 16.5. The number of rotatable bonds is 28. The molecule has 1 aromatic carbocycles. The first-order chi connectivity index (χ1) is 32.1. The Morgan fingerprint density at radius 2 is 1.49 bits per heavy atom. The summed E-state index contributed by atoms with van der Waals surface area (Å²) in [6, 6.07) is 2.80. The Labute approximate surface area is 402 Å². The molecule has 0 bridgehead atoms. The summed E-state index contributed by atoms with van der Waals surface area (Å²) < 4.78 is 17.3. The largest absolute Gasteiger partial charge is 0.496 e. The van der Waals surface area contributed by atoms with Crippen LogP contribution < -0.4 is 15.4 Å². The van der Waals surface area contributed by atoms with Gasteiger partial charge in [0.05, 0.1) is 43.7 Å². The average Bonchev–Trinajstić information content (AvgIpc) is 3.92. The SMILES string of the molecule is CC[C@H](C)C(C(CC(=O)N1CCC[C@H]1[C@H](OC)[C@@H](C)C(=O)NC(Cc1ccccc1OC)C(=O)O)OC)N(C)C(=O)[C@@H](NC(=O)C(C(C)C)N(C)C(=O)CCCCCN1C(=O)C=CC1=O)C(C)C. The summed E-state index contributed by atoms with van der Waals surface area (Å²) in [6.45, 7) is 13.6. The Hall–Kier alpha value is -5.36. The topological polar surface area (TPSA) is 222 Å². The zero-order valence-corrected chi connectivity index (χ0v) is 42.3. The minimum atomic E-state index is -1.24. The lowest BCUT2D eigenvalue weighted by atomic mass is 9.89. The lowest BCUT2D eigenvalue weighted by Crippen LogP contribution is -2.60. The number of amides is 7. The Morgan fingerprint density at radius 1 is 0.838 bits per heavy atom. The molecule has 1 aromatic rings. The normalized spacial score (nSPS) is 18.4. The van der Waals surface area contributed by atoms with Gasteiger partial charge in [0.1, 0.15) is 23.9 Å². The number of ether oxygens (including phenoxy) is 3. The number of nitrogens with zero attached hydrogens (tertiary/aromatic N) is 4. The smallest absolute Gasteiger partial charge is 0.326 e. The maximum Gasteiger partial charge on any atom is 0.326 e. The van der Waals surface area contributed by atoms with Crippen LogP contribution in [0.1, 0.15) is 105 Å². The van der Waals surface area contributed by atoms with Gasteiger partial charge in [-0.3, -0.25) is 38.5 Å². The van der Waals surface area contributed by atoms with Gasteiger partial charge in [-0.15, -0.1) is 0 Å². The summed E-state index contributed by atoms with van der Waals surface area (Å²) in [5.74, 6) is -4.90. The molecular formula is C50H78N6O12. The van der Waals surface area contributed by atoms with E-state index >= 15 is 0 Å². The molecule has 0 aromatic heterocycles. The van der Waals surface area contributed by atoms with Crippen molar-refractivity contribution in [2.24, 2.45) is 23.7 Å². The van der Waals surface area contributed by atoms with Crippen LogP contribution in [0.25, 0.3) is 0 Å². The highest BCUT2D eigenvalue weighted by molar-refractivity contribution is 6.12. The molecule has 68 heavy (non-hydrogen) atoms. The van der Waals surface area contributed by atoms with E-state index in [-0.39, 0.29) is 73.1 Å². The van der Waals surface area contributed by atoms with Crippen LogP contribution in [-0.4, -0.2) is 163 Å². The molecule has 18 nitrogen and oxygen atoms in total. The number of carboxylic acids is 1. The van der Waals surface area contributed by atoms with Gasteiger partial charge in [-0.2, -0.15) is 0 Å². The molecule has 2 heterocycles. The van der Waals surface area contributed by atoms with Crippen LogP contribution in [0.5, 0.6) is 5.75 Å². The molecule has 0 spiro atoms. The van der Waals surface area contributed by atoms with E-state index in [9.17, 15) is 43.5 Å². The fourth-order valence-electron chi connectivity index (χ4n) is 9.50. The van der Waals surface area contributed by atoms with E-state index in [1.165, 1.54) is 43.3 Å². The molecule has 1 saturated heterocycles. The van der Waals surface area contributed by atoms with Crippen LogP contribution in [0.15, 0.2) is 36.4 Å². The number of hydrogen-bond donors (Lipinski definition) is 3. The zero-order chi connectivity index (χ0) is 51.0. The molecule has 0 radical (unpaired) electrons. The molecule has 3 rings (SSSR count). The Kier molecular flexibility index (Phi) is 22.6. The number of aliphatic carboxylic acids is 1. The fourth-order valence-corrected chi connectivity index (χ4v) is 9.50. The van der Waals surface area contributed by atoms with Gasteiger partial charge in [-0.05, 0) is 55.1 Å². The molecule has 0 aliphatic carbocycles. The first-order valence-corrected chi connectivity index (χ1v) is 24.0. The Morgan fingerprint density at radius 3 is 2.04 bits per heavy atom. The van der Waals surface area contributed by atoms with Crippen LogP contribution >= 0.6 is 0 Å². The third-order valence-electron chi connectivity index (χ3n) is 13.6. The first kappa shape index (κ1) is 57.0. The quantitative estimate of drug-likeness (QED) is 0.0806. The summed E-state index contributed by atoms with van der Waals surface area (Å²) in [5.41, 5.74) is 0.621. The van der Waals surface area contributed by atoms with Crippen molar-refractivity contribution in [1.82, 2.24) is 30.2 Å². The number of likely N-dealkylation sites (tertiary alicyclic amines) is 1. The second-order valence-corrected chi connectivity index (χ2v) is 18.9. The van der Waals surface area contributed by atoms with Crippen molar-refractivity contribution in [3.63, 3.8) is 0 Å². The maximum atomic E-state index is 14.6. The highest BCUT2D eigenvalue weighted by Crippen LogP contribution is 2.30. The molecule has 0 saturated carbocycles. The molecule has 380 valence electrons. The number of carboxylic acid groups (broad SMARTS) is 1. The van der Waals surface area contributed by atoms with Crippen LogP contribution in [0, 0.1) is 23.7 Å². The summed E-state index contributed by atoms with van der Waals surface area (Å²) in [4.78, 5) is 112. The third kappa shape index (κ3) is 14.8. The number of imide groups is 1. The van der Waals surface area contributed by atoms with Gasteiger partial charge in [0.2, 0.25) is 29.5 Å². The van der Waals surface area contributed by atoms with Crippen LogP contribution in [0.4, 0.5) is 0 Å². The van der Waals surface area contributed by atoms with E-state index in [4.69, 9.17) is 14.2 Å². The van der Waals surface area contributed by atoms with E-state index in [2.05, 4.69) is 10.6 Å². The number of nitrogens with one attached hydrogen (secondary N) is 2. The molecule has 9 atom stereocenters. The number of para-hydroxylation sites is 1. The maximum absolute atomic E-state index is 14.6. The first-order valence-electron chi connectivity index (χ1n) is 24.0. The van der Waals surface area contributed by atoms with Crippen LogP contribution in [0.3, 0.4) is 0 Å². The number of carbonyl (C=O) groups is 8. The van der Waals surface area contributed by atoms with E-state index in [0.717, 1.165) is 0 Å². The van der Waals surface area contributed by atoms with Crippen molar-refractivity contribution in [2.45, 2.75) is 149 Å². The van der Waals surface area contributed by atoms with E-state index in [1.807, 2.05) is 41.5 Å². The van der Waals surface area contributed by atoms with Gasteiger partial charge in [0.15, 0.2) is 0 Å². The Balaban J connectivity index is 1.72. The van der Waals surface area contributed by atoms with Gasteiger partial charge in [0.25, 0.3) is 11.8 Å². The van der Waals surface area contributed by atoms with Crippen LogP contribution in [0.2, 0.25) is 0 Å². The highest BCUT2D eigenvalue weighted by Gasteiger charge is 2.44. The second kappa shape index (κ2) is 27.0. The van der Waals surface area contributed by atoms with Gasteiger partial charge in [-0.1, -0.05) is 79.5 Å². The van der Waals surface area contributed by atoms with Gasteiger partial charge < -0.3 is 44.7 Å². The minimum Gasteiger partial charge on any atom is -0.496 e. The van der Waals surface area contributed by atoms with Gasteiger partial charge in [0, 0.05) is 66.4 Å². The summed E-state index contributed by atoms with van der Waals surface area (Å²) >= 11 is 0. The van der Waals surface area contributed by atoms with E-state index in [0.29, 0.717) is 56.4 Å². The van der Waals surface area contributed by atoms with Crippen molar-refractivity contribution in [3.8, 4) is 5.75 Å². The van der Waals surface area contributed by atoms with E-state index in [1.54, 1.807) is 55.1 Å². The van der Waals surface area contributed by atoms with Crippen molar-refractivity contribution in [3.05, 3.63) is 42.0 Å². The lowest BCUT2D eigenvalue weighted by Gasteiger charge is -2.41.